The van der Waals surface area contributed by atoms with Crippen LogP contribution in [0.15, 0.2) is 60.7 Å². The van der Waals surface area contributed by atoms with E-state index >= 15 is 0 Å². The van der Waals surface area contributed by atoms with Crippen molar-refractivity contribution in [3.8, 4) is 11.3 Å². The highest BCUT2D eigenvalue weighted by molar-refractivity contribution is 6.10. The second-order valence-electron chi connectivity index (χ2n) is 9.86. The van der Waals surface area contributed by atoms with E-state index in [1.54, 1.807) is 0 Å². The lowest BCUT2D eigenvalue weighted by Crippen LogP contribution is -2.35. The molecule has 0 atom stereocenters. The minimum atomic E-state index is 0.393. The van der Waals surface area contributed by atoms with Gasteiger partial charge in [-0.1, -0.05) is 44.2 Å². The fraction of sp³-hybridized carbons (Fsp3) is 0.300. The minimum absolute atomic E-state index is 0.393. The standard InChI is InChI=1S/C30H33N2/c1-18(2)22-12-13-24-23(16-22)15-21(6)31(7)30(24)26-17-29-27(14-20(26)5)25-10-8-9-11-28(25)32(29)19(3)4/h8-19H,1-7H3/q+1. The molecule has 0 aliphatic rings. The molecular formula is C30H33N2+. The Morgan fingerprint density at radius 2 is 1.50 bits per heavy atom. The van der Waals surface area contributed by atoms with Crippen molar-refractivity contribution in [2.75, 3.05) is 0 Å². The Hall–Kier alpha value is -3.13. The van der Waals surface area contributed by atoms with E-state index in [9.17, 15) is 0 Å². The summed E-state index contributed by atoms with van der Waals surface area (Å²) in [7, 11) is 2.20. The van der Waals surface area contributed by atoms with Crippen molar-refractivity contribution in [2.45, 2.75) is 53.5 Å². The predicted octanol–water partition coefficient (Wildman–Crippen LogP) is 7.76. The summed E-state index contributed by atoms with van der Waals surface area (Å²) in [6.45, 7) is 13.6. The predicted molar refractivity (Wildman–Crippen MR) is 138 cm³/mol. The first-order valence-corrected chi connectivity index (χ1v) is 11.7. The molecule has 5 rings (SSSR count). The second-order valence-corrected chi connectivity index (χ2v) is 9.86. The van der Waals surface area contributed by atoms with Crippen LogP contribution in [0.1, 0.15) is 56.5 Å². The van der Waals surface area contributed by atoms with Gasteiger partial charge in [-0.25, -0.2) is 0 Å². The number of hydrogen-bond donors (Lipinski definition) is 0. The molecule has 0 N–H and O–H groups in total. The summed E-state index contributed by atoms with van der Waals surface area (Å²) in [6, 6.07) is 23.3. The zero-order chi connectivity index (χ0) is 22.7. The van der Waals surface area contributed by atoms with Crippen molar-refractivity contribution in [1.82, 2.24) is 4.57 Å². The molecule has 2 aromatic heterocycles. The number of pyridine rings is 1. The van der Waals surface area contributed by atoms with Gasteiger partial charge in [-0.15, -0.1) is 0 Å². The Morgan fingerprint density at radius 1 is 0.750 bits per heavy atom. The number of hydrogen-bond acceptors (Lipinski definition) is 0. The zero-order valence-electron chi connectivity index (χ0n) is 20.3. The molecule has 2 heteroatoms. The maximum atomic E-state index is 2.49. The molecule has 0 spiro atoms. The van der Waals surface area contributed by atoms with Crippen LogP contribution in [0.4, 0.5) is 0 Å². The highest BCUT2D eigenvalue weighted by Crippen LogP contribution is 2.38. The Balaban J connectivity index is 1.89. The Morgan fingerprint density at radius 3 is 2.22 bits per heavy atom. The van der Waals surface area contributed by atoms with Crippen molar-refractivity contribution >= 4 is 32.6 Å². The van der Waals surface area contributed by atoms with Gasteiger partial charge in [0.25, 0.3) is 0 Å². The van der Waals surface area contributed by atoms with Crippen LogP contribution in [-0.4, -0.2) is 4.57 Å². The van der Waals surface area contributed by atoms with E-state index in [1.165, 1.54) is 60.7 Å². The lowest BCUT2D eigenvalue weighted by molar-refractivity contribution is -0.665. The molecule has 0 amide bonds. The lowest BCUT2D eigenvalue weighted by atomic mass is 9.94. The van der Waals surface area contributed by atoms with Crippen LogP contribution in [0, 0.1) is 13.8 Å². The minimum Gasteiger partial charge on any atom is -0.338 e. The normalized spacial score (nSPS) is 12.2. The third kappa shape index (κ3) is 3.04. The highest BCUT2D eigenvalue weighted by Gasteiger charge is 2.23. The first-order valence-electron chi connectivity index (χ1n) is 11.7. The van der Waals surface area contributed by atoms with E-state index in [4.69, 9.17) is 0 Å². The van der Waals surface area contributed by atoms with Gasteiger partial charge in [0, 0.05) is 35.3 Å². The molecule has 162 valence electrons. The van der Waals surface area contributed by atoms with E-state index < -0.39 is 0 Å². The van der Waals surface area contributed by atoms with Crippen LogP contribution in [0.5, 0.6) is 0 Å². The molecule has 0 fully saturated rings. The molecule has 0 bridgehead atoms. The van der Waals surface area contributed by atoms with Crippen LogP contribution in [0.2, 0.25) is 0 Å². The first kappa shape index (κ1) is 20.8. The SMILES string of the molecule is Cc1cc2c3ccccc3n(C(C)C)c2cc1-c1c2ccc(C(C)C)cc2cc(C)[n+]1C. The summed E-state index contributed by atoms with van der Waals surface area (Å²) < 4.78 is 4.84. The molecule has 0 saturated carbocycles. The summed E-state index contributed by atoms with van der Waals surface area (Å²) in [5, 5.41) is 5.33. The molecule has 0 unspecified atom stereocenters. The van der Waals surface area contributed by atoms with E-state index in [2.05, 4.69) is 118 Å². The molecule has 0 aliphatic carbocycles. The third-order valence-corrected chi connectivity index (χ3v) is 7.05. The highest BCUT2D eigenvalue weighted by atomic mass is 15.0. The van der Waals surface area contributed by atoms with Gasteiger partial charge in [0.15, 0.2) is 5.69 Å². The molecule has 2 nitrogen and oxygen atoms in total. The number of nitrogens with zero attached hydrogens (tertiary/aromatic N) is 2. The topological polar surface area (TPSA) is 8.81 Å². The van der Waals surface area contributed by atoms with Crippen LogP contribution in [0.25, 0.3) is 43.8 Å². The Kier molecular flexibility index (Phi) is 4.85. The van der Waals surface area contributed by atoms with Gasteiger partial charge in [0.2, 0.25) is 5.69 Å². The first-order chi connectivity index (χ1) is 15.3. The smallest absolute Gasteiger partial charge is 0.220 e. The number of rotatable bonds is 3. The fourth-order valence-electron chi connectivity index (χ4n) is 5.24. The summed E-state index contributed by atoms with van der Waals surface area (Å²) in [5.41, 5.74) is 9.23. The largest absolute Gasteiger partial charge is 0.338 e. The average Bonchev–Trinajstić information content (AvgIpc) is 3.07. The van der Waals surface area contributed by atoms with E-state index in [0.29, 0.717) is 12.0 Å². The maximum absolute atomic E-state index is 2.49. The van der Waals surface area contributed by atoms with Gasteiger partial charge in [-0.3, -0.25) is 0 Å². The summed E-state index contributed by atoms with van der Waals surface area (Å²) >= 11 is 0. The molecule has 0 radical (unpaired) electrons. The number of fused-ring (bicyclic) bond motifs is 4. The fourth-order valence-corrected chi connectivity index (χ4v) is 5.24. The van der Waals surface area contributed by atoms with Crippen LogP contribution >= 0.6 is 0 Å². The van der Waals surface area contributed by atoms with Crippen LogP contribution in [-0.2, 0) is 7.05 Å². The molecular weight excluding hydrogens is 388 g/mol. The van der Waals surface area contributed by atoms with Crippen LogP contribution in [0.3, 0.4) is 0 Å². The van der Waals surface area contributed by atoms with Gasteiger partial charge < -0.3 is 4.57 Å². The number of benzene rings is 3. The van der Waals surface area contributed by atoms with E-state index in [1.807, 2.05) is 0 Å². The second kappa shape index (κ2) is 7.48. The summed E-state index contributed by atoms with van der Waals surface area (Å²) in [4.78, 5) is 0. The monoisotopic (exact) mass is 421 g/mol. The van der Waals surface area contributed by atoms with Gasteiger partial charge in [-0.2, -0.15) is 4.57 Å². The third-order valence-electron chi connectivity index (χ3n) is 7.05. The summed E-state index contributed by atoms with van der Waals surface area (Å²) in [6.07, 6.45) is 0. The molecule has 3 aromatic carbocycles. The van der Waals surface area contributed by atoms with Crippen molar-refractivity contribution < 1.29 is 4.57 Å². The van der Waals surface area contributed by atoms with Gasteiger partial charge in [-0.05, 0) is 67.5 Å². The Labute approximate surface area is 191 Å². The average molecular weight is 422 g/mol. The van der Waals surface area contributed by atoms with Crippen molar-refractivity contribution in [3.05, 3.63) is 77.5 Å². The molecule has 0 aliphatic heterocycles. The van der Waals surface area contributed by atoms with Crippen molar-refractivity contribution in [1.29, 1.82) is 0 Å². The number of aryl methyl sites for hydroxylation is 2. The van der Waals surface area contributed by atoms with E-state index in [-0.39, 0.29) is 0 Å². The molecule has 32 heavy (non-hydrogen) atoms. The lowest BCUT2D eigenvalue weighted by Gasteiger charge is -2.15. The molecule has 0 saturated heterocycles. The van der Waals surface area contributed by atoms with E-state index in [0.717, 1.165) is 0 Å². The van der Waals surface area contributed by atoms with Crippen molar-refractivity contribution in [2.24, 2.45) is 7.05 Å². The van der Waals surface area contributed by atoms with Crippen LogP contribution < -0.4 is 4.57 Å². The van der Waals surface area contributed by atoms with Gasteiger partial charge in [0.05, 0.1) is 16.5 Å². The number of para-hydroxylation sites is 1. The summed E-state index contributed by atoms with van der Waals surface area (Å²) in [5.74, 6) is 0.525. The van der Waals surface area contributed by atoms with Crippen molar-refractivity contribution in [3.63, 3.8) is 0 Å². The zero-order valence-corrected chi connectivity index (χ0v) is 20.3. The molecule has 2 heterocycles. The van der Waals surface area contributed by atoms with Gasteiger partial charge in [0.1, 0.15) is 7.05 Å². The maximum Gasteiger partial charge on any atom is 0.220 e. The van der Waals surface area contributed by atoms with Gasteiger partial charge >= 0.3 is 0 Å². The Bertz CT molecular complexity index is 1500. The number of aromatic nitrogens is 2. The molecule has 5 aromatic rings. The quantitative estimate of drug-likeness (QED) is 0.263.